The summed E-state index contributed by atoms with van der Waals surface area (Å²) in [6, 6.07) is 5.27. The lowest BCUT2D eigenvalue weighted by Gasteiger charge is -2.15. The number of carbonyl (C=O) groups is 1. The third-order valence-electron chi connectivity index (χ3n) is 2.96. The van der Waals surface area contributed by atoms with E-state index in [9.17, 15) is 4.79 Å². The molecule has 0 radical (unpaired) electrons. The van der Waals surface area contributed by atoms with Crippen molar-refractivity contribution in [3.05, 3.63) is 18.2 Å². The van der Waals surface area contributed by atoms with Gasteiger partial charge in [0.25, 0.3) is 5.89 Å². The van der Waals surface area contributed by atoms with Crippen LogP contribution < -0.4 is 14.8 Å². The van der Waals surface area contributed by atoms with Crippen molar-refractivity contribution >= 4 is 11.9 Å². The number of carbonyl (C=O) groups excluding carboxylic acids is 1. The minimum absolute atomic E-state index is 0.0415. The Morgan fingerprint density at radius 3 is 2.50 bits per heavy atom. The third-order valence-corrected chi connectivity index (χ3v) is 2.96. The molecule has 22 heavy (non-hydrogen) atoms. The van der Waals surface area contributed by atoms with Gasteiger partial charge in [0.05, 0.1) is 19.8 Å². The molecule has 0 atom stereocenters. The van der Waals surface area contributed by atoms with Crippen LogP contribution in [0.15, 0.2) is 22.6 Å². The quantitative estimate of drug-likeness (QED) is 0.934. The van der Waals surface area contributed by atoms with Crippen molar-refractivity contribution in [2.24, 2.45) is 5.41 Å². The summed E-state index contributed by atoms with van der Waals surface area (Å²) in [5, 5.41) is 10.4. The molecule has 1 heterocycles. The Balaban J connectivity index is 2.30. The van der Waals surface area contributed by atoms with Crippen LogP contribution in [0.3, 0.4) is 0 Å². The average Bonchev–Trinajstić information content (AvgIpc) is 2.94. The van der Waals surface area contributed by atoms with Gasteiger partial charge in [-0.3, -0.25) is 10.1 Å². The van der Waals surface area contributed by atoms with Crippen LogP contribution in [0.5, 0.6) is 11.5 Å². The Hall–Kier alpha value is -2.57. The summed E-state index contributed by atoms with van der Waals surface area (Å²) in [6.45, 7) is 5.39. The molecule has 0 aliphatic carbocycles. The van der Waals surface area contributed by atoms with E-state index in [0.29, 0.717) is 17.1 Å². The van der Waals surface area contributed by atoms with E-state index in [-0.39, 0.29) is 17.8 Å². The third kappa shape index (κ3) is 3.36. The molecule has 0 aliphatic rings. The standard InChI is InChI=1S/C15H19N3O4/c1-15(2,3)13(19)16-14-18-17-12(22-14)10-8-9(20-4)6-7-11(10)21-5/h6-8H,1-5H3,(H,16,18,19). The molecule has 0 saturated carbocycles. The number of benzene rings is 1. The molecule has 7 heteroatoms. The van der Waals surface area contributed by atoms with E-state index >= 15 is 0 Å². The van der Waals surface area contributed by atoms with Crippen LogP contribution in [-0.2, 0) is 4.79 Å². The van der Waals surface area contributed by atoms with Gasteiger partial charge in [-0.15, -0.1) is 5.10 Å². The van der Waals surface area contributed by atoms with Crippen molar-refractivity contribution in [3.63, 3.8) is 0 Å². The molecular weight excluding hydrogens is 286 g/mol. The second-order valence-electron chi connectivity index (χ2n) is 5.68. The lowest BCUT2D eigenvalue weighted by atomic mass is 9.96. The molecule has 0 fully saturated rings. The van der Waals surface area contributed by atoms with Gasteiger partial charge in [-0.1, -0.05) is 25.9 Å². The van der Waals surface area contributed by atoms with Gasteiger partial charge in [-0.2, -0.15) is 0 Å². The number of rotatable bonds is 4. The van der Waals surface area contributed by atoms with Gasteiger partial charge in [0.15, 0.2) is 0 Å². The Bertz CT molecular complexity index is 674. The van der Waals surface area contributed by atoms with E-state index in [2.05, 4.69) is 15.5 Å². The van der Waals surface area contributed by atoms with E-state index in [0.717, 1.165) is 0 Å². The average molecular weight is 305 g/mol. The summed E-state index contributed by atoms with van der Waals surface area (Å²) >= 11 is 0. The fraction of sp³-hybridized carbons (Fsp3) is 0.400. The second kappa shape index (κ2) is 6.05. The Kier molecular flexibility index (Phi) is 4.35. The van der Waals surface area contributed by atoms with Crippen molar-refractivity contribution in [2.75, 3.05) is 19.5 Å². The molecule has 1 aromatic carbocycles. The highest BCUT2D eigenvalue weighted by atomic mass is 16.5. The van der Waals surface area contributed by atoms with Gasteiger partial charge in [0.2, 0.25) is 5.91 Å². The number of aromatic nitrogens is 2. The first-order chi connectivity index (χ1) is 10.3. The van der Waals surface area contributed by atoms with Crippen molar-refractivity contribution in [3.8, 4) is 23.0 Å². The number of nitrogens with zero attached hydrogens (tertiary/aromatic N) is 2. The highest BCUT2D eigenvalue weighted by Gasteiger charge is 2.24. The molecule has 0 aliphatic heterocycles. The number of hydrogen-bond donors (Lipinski definition) is 1. The van der Waals surface area contributed by atoms with Crippen molar-refractivity contribution in [1.29, 1.82) is 0 Å². The van der Waals surface area contributed by atoms with Crippen LogP contribution in [0.25, 0.3) is 11.5 Å². The molecule has 1 N–H and O–H groups in total. The first-order valence-electron chi connectivity index (χ1n) is 6.72. The van der Waals surface area contributed by atoms with E-state index in [4.69, 9.17) is 13.9 Å². The maximum atomic E-state index is 11.9. The summed E-state index contributed by atoms with van der Waals surface area (Å²) in [4.78, 5) is 11.9. The van der Waals surface area contributed by atoms with Gasteiger partial charge < -0.3 is 13.9 Å². The van der Waals surface area contributed by atoms with Crippen molar-refractivity contribution < 1.29 is 18.7 Å². The Labute approximate surface area is 128 Å². The zero-order valence-electron chi connectivity index (χ0n) is 13.3. The van der Waals surface area contributed by atoms with Crippen molar-refractivity contribution in [2.45, 2.75) is 20.8 Å². The van der Waals surface area contributed by atoms with Crippen LogP contribution in [0.1, 0.15) is 20.8 Å². The summed E-state index contributed by atoms with van der Waals surface area (Å²) in [5.41, 5.74) is 0.0352. The molecule has 1 amide bonds. The highest BCUT2D eigenvalue weighted by Crippen LogP contribution is 2.33. The molecule has 0 bridgehead atoms. The van der Waals surface area contributed by atoms with E-state index in [1.807, 2.05) is 0 Å². The van der Waals surface area contributed by atoms with Gasteiger partial charge in [-0.05, 0) is 18.2 Å². The van der Waals surface area contributed by atoms with Crippen LogP contribution in [-0.4, -0.2) is 30.3 Å². The number of methoxy groups -OCH3 is 2. The van der Waals surface area contributed by atoms with Gasteiger partial charge in [-0.25, -0.2) is 0 Å². The fourth-order valence-electron chi connectivity index (χ4n) is 1.65. The molecular formula is C15H19N3O4. The predicted octanol–water partition coefficient (Wildman–Crippen LogP) is 2.74. The molecule has 2 aromatic rings. The number of anilines is 1. The SMILES string of the molecule is COc1ccc(OC)c(-c2nnc(NC(=O)C(C)(C)C)o2)c1. The maximum Gasteiger partial charge on any atom is 0.322 e. The lowest BCUT2D eigenvalue weighted by Crippen LogP contribution is -2.27. The highest BCUT2D eigenvalue weighted by molar-refractivity contribution is 5.92. The van der Waals surface area contributed by atoms with Crippen LogP contribution >= 0.6 is 0 Å². The first-order valence-corrected chi connectivity index (χ1v) is 6.72. The number of hydrogen-bond acceptors (Lipinski definition) is 6. The Morgan fingerprint density at radius 2 is 1.91 bits per heavy atom. The minimum Gasteiger partial charge on any atom is -0.497 e. The van der Waals surface area contributed by atoms with E-state index < -0.39 is 5.41 Å². The fourth-order valence-corrected chi connectivity index (χ4v) is 1.65. The van der Waals surface area contributed by atoms with Crippen LogP contribution in [0, 0.1) is 5.41 Å². The largest absolute Gasteiger partial charge is 0.497 e. The number of amides is 1. The molecule has 0 spiro atoms. The monoisotopic (exact) mass is 305 g/mol. The first kappa shape index (κ1) is 15.8. The van der Waals surface area contributed by atoms with Crippen LogP contribution in [0.2, 0.25) is 0 Å². The minimum atomic E-state index is -0.553. The summed E-state index contributed by atoms with van der Waals surface area (Å²) < 4.78 is 15.9. The topological polar surface area (TPSA) is 86.5 Å². The van der Waals surface area contributed by atoms with Gasteiger partial charge >= 0.3 is 6.01 Å². The second-order valence-corrected chi connectivity index (χ2v) is 5.68. The van der Waals surface area contributed by atoms with Gasteiger partial charge in [0.1, 0.15) is 11.5 Å². The molecule has 2 rings (SSSR count). The number of nitrogens with one attached hydrogen (secondary N) is 1. The Morgan fingerprint density at radius 1 is 1.18 bits per heavy atom. The molecule has 0 unspecified atom stereocenters. The summed E-state index contributed by atoms with van der Waals surface area (Å²) in [6.07, 6.45) is 0. The summed E-state index contributed by atoms with van der Waals surface area (Å²) in [7, 11) is 3.11. The lowest BCUT2D eigenvalue weighted by molar-refractivity contribution is -0.123. The smallest absolute Gasteiger partial charge is 0.322 e. The molecule has 7 nitrogen and oxygen atoms in total. The number of ether oxygens (including phenoxy) is 2. The normalized spacial score (nSPS) is 11.1. The summed E-state index contributed by atoms with van der Waals surface area (Å²) in [5.74, 6) is 1.23. The van der Waals surface area contributed by atoms with E-state index in [1.54, 1.807) is 53.2 Å². The molecule has 118 valence electrons. The van der Waals surface area contributed by atoms with Crippen molar-refractivity contribution in [1.82, 2.24) is 10.2 Å². The zero-order chi connectivity index (χ0) is 16.3. The van der Waals surface area contributed by atoms with Gasteiger partial charge in [0, 0.05) is 5.41 Å². The molecule has 0 saturated heterocycles. The predicted molar refractivity (Wildman–Crippen MR) is 80.9 cm³/mol. The van der Waals surface area contributed by atoms with E-state index in [1.165, 1.54) is 0 Å². The van der Waals surface area contributed by atoms with Crippen LogP contribution in [0.4, 0.5) is 6.01 Å². The maximum absolute atomic E-state index is 11.9. The molecule has 1 aromatic heterocycles. The zero-order valence-corrected chi connectivity index (χ0v) is 13.3.